The van der Waals surface area contributed by atoms with Crippen molar-refractivity contribution in [3.05, 3.63) is 76.4 Å². The molecule has 1 aromatic carbocycles. The Morgan fingerprint density at radius 1 is 1.14 bits per heavy atom. The van der Waals surface area contributed by atoms with E-state index in [9.17, 15) is 10.1 Å². The highest BCUT2D eigenvalue weighted by atomic mass is 16.5. The van der Waals surface area contributed by atoms with Crippen LogP contribution in [0.25, 0.3) is 11.4 Å². The van der Waals surface area contributed by atoms with Gasteiger partial charge in [-0.2, -0.15) is 10.4 Å². The molecule has 188 valence electrons. The van der Waals surface area contributed by atoms with E-state index in [2.05, 4.69) is 36.8 Å². The average Bonchev–Trinajstić information content (AvgIpc) is 3.44. The minimum absolute atomic E-state index is 0.0605. The molecule has 1 aliphatic rings. The Bertz CT molecular complexity index is 1530. The molecular weight excluding hydrogens is 468 g/mol. The van der Waals surface area contributed by atoms with Crippen LogP contribution in [0.3, 0.4) is 0 Å². The van der Waals surface area contributed by atoms with Crippen molar-refractivity contribution < 1.29 is 9.53 Å². The molecule has 0 N–H and O–H groups in total. The zero-order valence-corrected chi connectivity index (χ0v) is 21.4. The van der Waals surface area contributed by atoms with Crippen molar-refractivity contribution in [3.63, 3.8) is 0 Å². The molecule has 0 aliphatic carbocycles. The Hall–Kier alpha value is -4.52. The summed E-state index contributed by atoms with van der Waals surface area (Å²) >= 11 is 0. The van der Waals surface area contributed by atoms with Gasteiger partial charge in [0.25, 0.3) is 5.91 Å². The number of fused-ring (bicyclic) bond motifs is 1. The molecule has 10 nitrogen and oxygen atoms in total. The minimum atomic E-state index is -0.0605. The third-order valence-electron chi connectivity index (χ3n) is 6.54. The van der Waals surface area contributed by atoms with Gasteiger partial charge in [0.15, 0.2) is 5.82 Å². The lowest BCUT2D eigenvalue weighted by atomic mass is 9.90. The molecule has 1 amide bonds. The predicted octanol–water partition coefficient (Wildman–Crippen LogP) is 3.21. The largest absolute Gasteiger partial charge is 0.492 e. The highest BCUT2D eigenvalue weighted by molar-refractivity contribution is 5.98. The maximum atomic E-state index is 13.8. The number of imidazole rings is 1. The molecule has 0 bridgehead atoms. The van der Waals surface area contributed by atoms with Crippen LogP contribution in [0.4, 0.5) is 0 Å². The Morgan fingerprint density at radius 2 is 1.95 bits per heavy atom. The number of pyridine rings is 1. The Balaban J connectivity index is 1.53. The SMILES string of the molecule is CCOc1cc(CN2CCc3c(cc(Cn4ccnc4C)cc3-c3nc(C)nn3C)C2=O)ncc1C#N. The first-order valence-corrected chi connectivity index (χ1v) is 12.2. The van der Waals surface area contributed by atoms with Crippen LogP contribution in [0, 0.1) is 25.2 Å². The molecule has 0 unspecified atom stereocenters. The van der Waals surface area contributed by atoms with Crippen molar-refractivity contribution in [2.24, 2.45) is 7.05 Å². The number of benzene rings is 1. The standard InChI is InChI=1S/C27H28N8O2/c1-5-37-25-12-21(30-14-20(25)13-28)16-35-8-6-22-23(26-31-17(2)32-33(26)4)10-19(11-24(22)27(35)36)15-34-9-7-29-18(34)3/h7,9-12,14H,5-6,8,15-16H2,1-4H3. The number of carbonyl (C=O) groups is 1. The fraction of sp³-hybridized carbons (Fsp3) is 0.333. The van der Waals surface area contributed by atoms with Gasteiger partial charge in [-0.1, -0.05) is 0 Å². The molecule has 3 aromatic heterocycles. The van der Waals surface area contributed by atoms with Crippen LogP contribution in [-0.2, 0) is 26.6 Å². The van der Waals surface area contributed by atoms with Crippen molar-refractivity contribution in [1.29, 1.82) is 5.26 Å². The van der Waals surface area contributed by atoms with Gasteiger partial charge < -0.3 is 14.2 Å². The van der Waals surface area contributed by atoms with E-state index in [-0.39, 0.29) is 5.91 Å². The van der Waals surface area contributed by atoms with Crippen LogP contribution in [0.2, 0.25) is 0 Å². The fourth-order valence-electron chi connectivity index (χ4n) is 4.79. The molecule has 0 radical (unpaired) electrons. The second-order valence-electron chi connectivity index (χ2n) is 9.07. The van der Waals surface area contributed by atoms with Gasteiger partial charge in [0.1, 0.15) is 29.0 Å². The van der Waals surface area contributed by atoms with Crippen molar-refractivity contribution >= 4 is 5.91 Å². The van der Waals surface area contributed by atoms with Crippen molar-refractivity contribution in [3.8, 4) is 23.2 Å². The van der Waals surface area contributed by atoms with E-state index in [1.807, 2.05) is 40.1 Å². The van der Waals surface area contributed by atoms with Gasteiger partial charge in [-0.25, -0.2) is 14.6 Å². The number of ether oxygens (including phenoxy) is 1. The highest BCUT2D eigenvalue weighted by Gasteiger charge is 2.29. The molecule has 4 heterocycles. The van der Waals surface area contributed by atoms with E-state index in [1.54, 1.807) is 21.8 Å². The third kappa shape index (κ3) is 4.68. The Morgan fingerprint density at radius 3 is 2.62 bits per heavy atom. The lowest BCUT2D eigenvalue weighted by Crippen LogP contribution is -2.37. The number of hydrogen-bond acceptors (Lipinski definition) is 7. The van der Waals surface area contributed by atoms with Crippen LogP contribution in [0.1, 0.15) is 51.3 Å². The van der Waals surface area contributed by atoms with Crippen LogP contribution in [0.5, 0.6) is 5.75 Å². The first-order valence-electron chi connectivity index (χ1n) is 12.2. The number of aryl methyl sites for hydroxylation is 3. The maximum absolute atomic E-state index is 13.8. The van der Waals surface area contributed by atoms with Crippen molar-refractivity contribution in [2.75, 3.05) is 13.2 Å². The van der Waals surface area contributed by atoms with E-state index in [0.717, 1.165) is 28.3 Å². The molecule has 0 atom stereocenters. The summed E-state index contributed by atoms with van der Waals surface area (Å²) < 4.78 is 9.42. The van der Waals surface area contributed by atoms with Gasteiger partial charge in [-0.15, -0.1) is 0 Å². The number of nitriles is 1. The summed E-state index contributed by atoms with van der Waals surface area (Å²) in [6.07, 6.45) is 5.89. The second-order valence-corrected chi connectivity index (χ2v) is 9.07. The molecule has 1 aliphatic heterocycles. The zero-order chi connectivity index (χ0) is 26.1. The minimum Gasteiger partial charge on any atom is -0.492 e. The van der Waals surface area contributed by atoms with Crippen LogP contribution in [-0.4, -0.2) is 53.3 Å². The average molecular weight is 497 g/mol. The van der Waals surface area contributed by atoms with Crippen molar-refractivity contribution in [1.82, 2.24) is 34.2 Å². The van der Waals surface area contributed by atoms with E-state index in [4.69, 9.17) is 4.74 Å². The molecule has 0 saturated carbocycles. The summed E-state index contributed by atoms with van der Waals surface area (Å²) in [5, 5.41) is 13.8. The third-order valence-corrected chi connectivity index (χ3v) is 6.54. The Labute approximate surface area is 215 Å². The molecule has 4 aromatic rings. The first-order chi connectivity index (χ1) is 17.9. The fourth-order valence-corrected chi connectivity index (χ4v) is 4.79. The Kier molecular flexibility index (Phi) is 6.44. The second kappa shape index (κ2) is 9.85. The summed E-state index contributed by atoms with van der Waals surface area (Å²) in [7, 11) is 1.87. The summed E-state index contributed by atoms with van der Waals surface area (Å²) in [5.41, 5.74) is 4.61. The summed E-state index contributed by atoms with van der Waals surface area (Å²) in [6.45, 7) is 7.59. The summed E-state index contributed by atoms with van der Waals surface area (Å²) in [5.74, 6) is 2.75. The van der Waals surface area contributed by atoms with Crippen LogP contribution >= 0.6 is 0 Å². The lowest BCUT2D eigenvalue weighted by Gasteiger charge is -2.30. The molecule has 0 fully saturated rings. The van der Waals surface area contributed by atoms with Gasteiger partial charge in [0, 0.05) is 55.9 Å². The van der Waals surface area contributed by atoms with E-state index in [1.165, 1.54) is 6.20 Å². The normalized spacial score (nSPS) is 12.9. The first kappa shape index (κ1) is 24.2. The molecule has 37 heavy (non-hydrogen) atoms. The molecule has 0 spiro atoms. The van der Waals surface area contributed by atoms with Gasteiger partial charge in [-0.3, -0.25) is 9.78 Å². The lowest BCUT2D eigenvalue weighted by molar-refractivity contribution is 0.0724. The topological polar surface area (TPSA) is 115 Å². The number of aromatic nitrogens is 6. The quantitative estimate of drug-likeness (QED) is 0.386. The maximum Gasteiger partial charge on any atom is 0.254 e. The molecule has 5 rings (SSSR count). The van der Waals surface area contributed by atoms with E-state index >= 15 is 0 Å². The highest BCUT2D eigenvalue weighted by Crippen LogP contribution is 2.32. The van der Waals surface area contributed by atoms with E-state index < -0.39 is 0 Å². The van der Waals surface area contributed by atoms with Crippen LogP contribution < -0.4 is 4.74 Å². The smallest absolute Gasteiger partial charge is 0.254 e. The molecule has 0 saturated heterocycles. The van der Waals surface area contributed by atoms with Gasteiger partial charge >= 0.3 is 0 Å². The van der Waals surface area contributed by atoms with Gasteiger partial charge in [0.05, 0.1) is 18.8 Å². The predicted molar refractivity (Wildman–Crippen MR) is 136 cm³/mol. The summed E-state index contributed by atoms with van der Waals surface area (Å²) in [6, 6.07) is 7.94. The molecule has 10 heteroatoms. The summed E-state index contributed by atoms with van der Waals surface area (Å²) in [4.78, 5) is 29.0. The number of amides is 1. The zero-order valence-electron chi connectivity index (χ0n) is 21.4. The van der Waals surface area contributed by atoms with Gasteiger partial charge in [-0.05, 0) is 50.5 Å². The molecular formula is C27H28N8O2. The van der Waals surface area contributed by atoms with Gasteiger partial charge in [0.2, 0.25) is 0 Å². The van der Waals surface area contributed by atoms with E-state index in [0.29, 0.717) is 61.1 Å². The number of rotatable bonds is 7. The van der Waals surface area contributed by atoms with Crippen molar-refractivity contribution in [2.45, 2.75) is 40.3 Å². The van der Waals surface area contributed by atoms with Crippen LogP contribution in [0.15, 0.2) is 36.8 Å². The monoisotopic (exact) mass is 496 g/mol. The number of nitrogens with zero attached hydrogens (tertiary/aromatic N) is 8. The number of carbonyl (C=O) groups excluding carboxylic acids is 1. The number of hydrogen-bond donors (Lipinski definition) is 0.